The molecule has 0 spiro atoms. The number of likely N-dealkylation sites (N-methyl/N-ethyl adjacent to an activating group) is 2. The second-order valence-electron chi connectivity index (χ2n) is 9.51. The van der Waals surface area contributed by atoms with Crippen LogP contribution in [0, 0.1) is 0 Å². The van der Waals surface area contributed by atoms with Crippen molar-refractivity contribution in [3.8, 4) is 11.5 Å². The van der Waals surface area contributed by atoms with Crippen LogP contribution in [0.5, 0.6) is 11.5 Å². The first-order valence-corrected chi connectivity index (χ1v) is 13.0. The van der Waals surface area contributed by atoms with Crippen LogP contribution in [0.25, 0.3) is 0 Å². The zero-order valence-corrected chi connectivity index (χ0v) is 23.9. The molecule has 3 aromatic rings. The predicted molar refractivity (Wildman–Crippen MR) is 158 cm³/mol. The second-order valence-corrected chi connectivity index (χ2v) is 9.51. The number of rotatable bonds is 15. The number of methoxy groups -OCH3 is 2. The number of ketones is 1. The molecule has 0 fully saturated rings. The third-order valence-corrected chi connectivity index (χ3v) is 6.26. The van der Waals surface area contributed by atoms with Crippen molar-refractivity contribution in [3.05, 3.63) is 89.8 Å². The van der Waals surface area contributed by atoms with E-state index in [9.17, 15) is 9.59 Å². The molecule has 0 unspecified atom stereocenters. The SMILES string of the molecule is C=CC(=O)Nc1cc(Cc2cc(C(=O)c3ccc(OCCOC)cc3)ccn2)c(OC)cc1N(C)CCN(C)C. The van der Waals surface area contributed by atoms with Gasteiger partial charge in [-0.25, -0.2) is 0 Å². The van der Waals surface area contributed by atoms with Gasteiger partial charge in [-0.1, -0.05) is 6.58 Å². The molecule has 0 saturated carbocycles. The minimum Gasteiger partial charge on any atom is -0.496 e. The minimum absolute atomic E-state index is 0.115. The van der Waals surface area contributed by atoms with Crippen LogP contribution in [0.1, 0.15) is 27.2 Å². The van der Waals surface area contributed by atoms with Gasteiger partial charge in [0.1, 0.15) is 18.1 Å². The summed E-state index contributed by atoms with van der Waals surface area (Å²) in [7, 11) is 9.22. The lowest BCUT2D eigenvalue weighted by molar-refractivity contribution is -0.111. The van der Waals surface area contributed by atoms with Gasteiger partial charge in [0.2, 0.25) is 5.91 Å². The fraction of sp³-hybridized carbons (Fsp3) is 0.323. The van der Waals surface area contributed by atoms with E-state index in [1.807, 2.05) is 33.3 Å². The molecule has 40 heavy (non-hydrogen) atoms. The fourth-order valence-electron chi connectivity index (χ4n) is 4.04. The predicted octanol–water partition coefficient (Wildman–Crippen LogP) is 4.06. The van der Waals surface area contributed by atoms with Crippen LogP contribution in [0.3, 0.4) is 0 Å². The normalized spacial score (nSPS) is 10.8. The molecule has 2 aromatic carbocycles. The molecule has 9 heteroatoms. The zero-order valence-electron chi connectivity index (χ0n) is 23.9. The summed E-state index contributed by atoms with van der Waals surface area (Å²) >= 11 is 0. The van der Waals surface area contributed by atoms with Gasteiger partial charge in [0.25, 0.3) is 0 Å². The van der Waals surface area contributed by atoms with Gasteiger partial charge >= 0.3 is 0 Å². The number of amides is 1. The fourth-order valence-corrected chi connectivity index (χ4v) is 4.04. The van der Waals surface area contributed by atoms with Gasteiger partial charge in [-0.3, -0.25) is 14.6 Å². The number of pyridine rings is 1. The second kappa shape index (κ2) is 14.8. The smallest absolute Gasteiger partial charge is 0.247 e. The average molecular weight is 547 g/mol. The Morgan fingerprint density at radius 3 is 2.38 bits per heavy atom. The van der Waals surface area contributed by atoms with Crippen molar-refractivity contribution in [3.63, 3.8) is 0 Å². The van der Waals surface area contributed by atoms with Crippen molar-refractivity contribution in [1.82, 2.24) is 9.88 Å². The lowest BCUT2D eigenvalue weighted by Crippen LogP contribution is -2.29. The minimum atomic E-state index is -0.306. The van der Waals surface area contributed by atoms with Crippen molar-refractivity contribution in [2.45, 2.75) is 6.42 Å². The molecule has 0 radical (unpaired) electrons. The van der Waals surface area contributed by atoms with E-state index in [0.717, 1.165) is 24.3 Å². The van der Waals surface area contributed by atoms with Gasteiger partial charge in [-0.2, -0.15) is 0 Å². The largest absolute Gasteiger partial charge is 0.496 e. The molecular formula is C31H38N4O5. The highest BCUT2D eigenvalue weighted by Gasteiger charge is 2.17. The molecule has 0 saturated heterocycles. The standard InChI is InChI=1S/C31H38N4O5/c1-7-30(36)33-27-20-24(29(39-6)21-28(27)35(4)15-14-34(2)3)19-25-18-23(12-13-32-25)31(37)22-8-10-26(11-9-22)40-17-16-38-5/h7-13,18,20-21H,1,14-17,19H2,2-6H3,(H,33,36). The topological polar surface area (TPSA) is 93.2 Å². The van der Waals surface area contributed by atoms with Crippen molar-refractivity contribution >= 4 is 23.1 Å². The Kier molecular flexibility index (Phi) is 11.2. The summed E-state index contributed by atoms with van der Waals surface area (Å²) in [6.45, 7) is 6.09. The monoisotopic (exact) mass is 546 g/mol. The van der Waals surface area contributed by atoms with E-state index < -0.39 is 0 Å². The molecule has 3 rings (SSSR count). The number of hydrogen-bond donors (Lipinski definition) is 1. The lowest BCUT2D eigenvalue weighted by atomic mass is 10.0. The third kappa shape index (κ3) is 8.39. The van der Waals surface area contributed by atoms with Crippen LogP contribution in [0.15, 0.2) is 67.4 Å². The first kappa shape index (κ1) is 30.3. The van der Waals surface area contributed by atoms with E-state index in [4.69, 9.17) is 14.2 Å². The molecule has 1 amide bonds. The van der Waals surface area contributed by atoms with E-state index in [2.05, 4.69) is 26.7 Å². The summed E-state index contributed by atoms with van der Waals surface area (Å²) in [5, 5.41) is 2.92. The first-order chi connectivity index (χ1) is 19.2. The van der Waals surface area contributed by atoms with Gasteiger partial charge in [-0.15, -0.1) is 0 Å². The van der Waals surface area contributed by atoms with Crippen molar-refractivity contribution < 1.29 is 23.8 Å². The molecule has 0 bridgehead atoms. The molecule has 9 nitrogen and oxygen atoms in total. The quantitative estimate of drug-likeness (QED) is 0.173. The number of benzene rings is 2. The average Bonchev–Trinajstić information content (AvgIpc) is 2.96. The zero-order chi connectivity index (χ0) is 29.1. The van der Waals surface area contributed by atoms with Gasteiger partial charge in [0.05, 0.1) is 25.1 Å². The summed E-state index contributed by atoms with van der Waals surface area (Å²) < 4.78 is 16.3. The van der Waals surface area contributed by atoms with E-state index in [1.54, 1.807) is 56.8 Å². The van der Waals surface area contributed by atoms with Crippen LogP contribution >= 0.6 is 0 Å². The number of ether oxygens (including phenoxy) is 3. The Morgan fingerprint density at radius 2 is 1.73 bits per heavy atom. The molecular weight excluding hydrogens is 508 g/mol. The lowest BCUT2D eigenvalue weighted by Gasteiger charge is -2.26. The van der Waals surface area contributed by atoms with Crippen LogP contribution in [-0.4, -0.2) is 83.2 Å². The van der Waals surface area contributed by atoms with Crippen LogP contribution in [0.2, 0.25) is 0 Å². The third-order valence-electron chi connectivity index (χ3n) is 6.26. The van der Waals surface area contributed by atoms with Gasteiger partial charge in [0.15, 0.2) is 5.78 Å². The number of nitrogens with zero attached hydrogens (tertiary/aromatic N) is 3. The highest BCUT2D eigenvalue weighted by atomic mass is 16.5. The van der Waals surface area contributed by atoms with Crippen LogP contribution in [0.4, 0.5) is 11.4 Å². The van der Waals surface area contributed by atoms with Crippen molar-refractivity contribution in [2.24, 2.45) is 0 Å². The van der Waals surface area contributed by atoms with E-state index in [-0.39, 0.29) is 11.7 Å². The maximum Gasteiger partial charge on any atom is 0.247 e. The summed E-state index contributed by atoms with van der Waals surface area (Å²) in [4.78, 5) is 34.1. The summed E-state index contributed by atoms with van der Waals surface area (Å²) in [6, 6.07) is 14.3. The summed E-state index contributed by atoms with van der Waals surface area (Å²) in [5.41, 5.74) is 4.05. The summed E-state index contributed by atoms with van der Waals surface area (Å²) in [6.07, 6.45) is 3.26. The molecule has 1 aromatic heterocycles. The molecule has 0 aliphatic carbocycles. The summed E-state index contributed by atoms with van der Waals surface area (Å²) in [5.74, 6) is 0.909. The maximum atomic E-state index is 13.2. The number of nitrogens with one attached hydrogen (secondary N) is 1. The molecule has 1 heterocycles. The Labute approximate surface area is 236 Å². The number of hydrogen-bond acceptors (Lipinski definition) is 8. The highest BCUT2D eigenvalue weighted by molar-refractivity contribution is 6.09. The number of anilines is 2. The Bertz CT molecular complexity index is 1310. The Hall–Kier alpha value is -4.21. The van der Waals surface area contributed by atoms with Gasteiger partial charge in [0, 0.05) is 68.3 Å². The molecule has 0 aliphatic heterocycles. The van der Waals surface area contributed by atoms with Crippen LogP contribution in [-0.2, 0) is 16.0 Å². The number of aromatic nitrogens is 1. The highest BCUT2D eigenvalue weighted by Crippen LogP contribution is 2.35. The Morgan fingerprint density at radius 1 is 0.975 bits per heavy atom. The number of carbonyl (C=O) groups is 2. The van der Waals surface area contributed by atoms with Crippen LogP contribution < -0.4 is 19.7 Å². The van der Waals surface area contributed by atoms with Crippen molar-refractivity contribution in [2.75, 3.05) is 71.9 Å². The van der Waals surface area contributed by atoms with Crippen molar-refractivity contribution in [1.29, 1.82) is 0 Å². The van der Waals surface area contributed by atoms with E-state index >= 15 is 0 Å². The van der Waals surface area contributed by atoms with Gasteiger partial charge in [-0.05, 0) is 62.6 Å². The maximum absolute atomic E-state index is 13.2. The first-order valence-electron chi connectivity index (χ1n) is 13.0. The van der Waals surface area contributed by atoms with E-state index in [0.29, 0.717) is 53.6 Å². The molecule has 0 aliphatic rings. The molecule has 1 N–H and O–H groups in total. The Balaban J connectivity index is 1.86. The molecule has 212 valence electrons. The molecule has 0 atom stereocenters. The number of carbonyl (C=O) groups excluding carboxylic acids is 2. The van der Waals surface area contributed by atoms with E-state index in [1.165, 1.54) is 6.08 Å². The van der Waals surface area contributed by atoms with Gasteiger partial charge < -0.3 is 29.3 Å².